The van der Waals surface area contributed by atoms with E-state index in [0.717, 1.165) is 18.4 Å². The molecular weight excluding hydrogens is 357 g/mol. The zero-order chi connectivity index (χ0) is 19.2. The molecule has 0 N–H and O–H groups in total. The molecule has 6 heteroatoms. The van der Waals surface area contributed by atoms with E-state index in [9.17, 15) is 13.2 Å². The first-order chi connectivity index (χ1) is 13.1. The van der Waals surface area contributed by atoms with E-state index in [-0.39, 0.29) is 6.61 Å². The van der Waals surface area contributed by atoms with Crippen molar-refractivity contribution in [2.45, 2.75) is 26.1 Å². The van der Waals surface area contributed by atoms with E-state index in [1.54, 1.807) is 12.1 Å². The number of ether oxygens (including phenoxy) is 3. The van der Waals surface area contributed by atoms with Crippen molar-refractivity contribution in [1.82, 2.24) is 0 Å². The summed E-state index contributed by atoms with van der Waals surface area (Å²) in [7, 11) is 0. The lowest BCUT2D eigenvalue weighted by Crippen LogP contribution is -2.26. The van der Waals surface area contributed by atoms with Crippen LogP contribution in [0.15, 0.2) is 36.4 Å². The molecule has 0 radical (unpaired) electrons. The molecule has 1 fully saturated rings. The maximum Gasteiger partial charge on any atom is 0.190 e. The van der Waals surface area contributed by atoms with Gasteiger partial charge in [0.1, 0.15) is 13.3 Å². The Hall–Kier alpha value is -2.05. The topological polar surface area (TPSA) is 27.7 Å². The van der Waals surface area contributed by atoms with E-state index in [1.807, 2.05) is 12.1 Å². The SMILES string of the molecule is CCCC1COC(c2ccc(-c3cc(F)c(OCCF)c(F)c3)cc2)OC1. The summed E-state index contributed by atoms with van der Waals surface area (Å²) in [4.78, 5) is 0. The van der Waals surface area contributed by atoms with E-state index < -0.39 is 30.3 Å². The molecule has 2 aromatic carbocycles. The maximum atomic E-state index is 14.1. The smallest absolute Gasteiger partial charge is 0.190 e. The second-order valence-corrected chi connectivity index (χ2v) is 6.58. The zero-order valence-corrected chi connectivity index (χ0v) is 15.2. The Morgan fingerprint density at radius 3 is 2.19 bits per heavy atom. The molecule has 2 aromatic rings. The molecule has 1 saturated heterocycles. The molecule has 3 nitrogen and oxygen atoms in total. The van der Waals surface area contributed by atoms with Gasteiger partial charge in [0, 0.05) is 11.5 Å². The molecule has 0 atom stereocenters. The number of rotatable bonds is 7. The largest absolute Gasteiger partial charge is 0.485 e. The lowest BCUT2D eigenvalue weighted by molar-refractivity contribution is -0.206. The van der Waals surface area contributed by atoms with Crippen LogP contribution in [0.1, 0.15) is 31.6 Å². The van der Waals surface area contributed by atoms with Crippen LogP contribution in [0, 0.1) is 17.6 Å². The summed E-state index contributed by atoms with van der Waals surface area (Å²) in [6.45, 7) is 2.26. The van der Waals surface area contributed by atoms with Crippen molar-refractivity contribution in [3.05, 3.63) is 53.6 Å². The molecular formula is C21H23F3O3. The highest BCUT2D eigenvalue weighted by atomic mass is 19.1. The van der Waals surface area contributed by atoms with Gasteiger partial charge in [-0.2, -0.15) is 0 Å². The highest BCUT2D eigenvalue weighted by Gasteiger charge is 2.23. The van der Waals surface area contributed by atoms with Crippen LogP contribution in [-0.4, -0.2) is 26.5 Å². The van der Waals surface area contributed by atoms with Gasteiger partial charge in [-0.25, -0.2) is 13.2 Å². The van der Waals surface area contributed by atoms with Crippen LogP contribution in [0.25, 0.3) is 11.1 Å². The van der Waals surface area contributed by atoms with Crippen LogP contribution in [0.2, 0.25) is 0 Å². The highest BCUT2D eigenvalue weighted by Crippen LogP contribution is 2.31. The normalized spacial score (nSPS) is 19.9. The Morgan fingerprint density at radius 2 is 1.63 bits per heavy atom. The van der Waals surface area contributed by atoms with E-state index in [4.69, 9.17) is 14.2 Å². The van der Waals surface area contributed by atoms with Crippen LogP contribution in [-0.2, 0) is 9.47 Å². The second-order valence-electron chi connectivity index (χ2n) is 6.58. The van der Waals surface area contributed by atoms with Gasteiger partial charge in [0.25, 0.3) is 0 Å². The lowest BCUT2D eigenvalue weighted by Gasteiger charge is -2.29. The Balaban J connectivity index is 1.70. The third-order valence-corrected chi connectivity index (χ3v) is 4.50. The molecule has 0 saturated carbocycles. The van der Waals surface area contributed by atoms with Crippen molar-refractivity contribution in [2.75, 3.05) is 26.5 Å². The third-order valence-electron chi connectivity index (χ3n) is 4.50. The summed E-state index contributed by atoms with van der Waals surface area (Å²) in [6.07, 6.45) is 1.76. The molecule has 1 aliphatic heterocycles. The molecule has 0 amide bonds. The molecule has 27 heavy (non-hydrogen) atoms. The van der Waals surface area contributed by atoms with Gasteiger partial charge in [-0.05, 0) is 29.7 Å². The number of halogens is 3. The number of alkyl halides is 1. The van der Waals surface area contributed by atoms with Crippen molar-refractivity contribution < 1.29 is 27.4 Å². The molecule has 3 rings (SSSR count). The van der Waals surface area contributed by atoms with Crippen LogP contribution in [0.5, 0.6) is 5.75 Å². The quantitative estimate of drug-likeness (QED) is 0.640. The van der Waals surface area contributed by atoms with Gasteiger partial charge >= 0.3 is 0 Å². The number of hydrogen-bond donors (Lipinski definition) is 0. The lowest BCUT2D eigenvalue weighted by atomic mass is 10.0. The fourth-order valence-electron chi connectivity index (χ4n) is 3.15. The molecule has 0 bridgehead atoms. The molecule has 0 aliphatic carbocycles. The van der Waals surface area contributed by atoms with E-state index in [1.165, 1.54) is 12.1 Å². The van der Waals surface area contributed by atoms with Crippen LogP contribution in [0.3, 0.4) is 0 Å². The van der Waals surface area contributed by atoms with E-state index in [0.29, 0.717) is 30.3 Å². The molecule has 0 unspecified atom stereocenters. The van der Waals surface area contributed by atoms with E-state index in [2.05, 4.69) is 6.92 Å². The Bertz CT molecular complexity index is 718. The van der Waals surface area contributed by atoms with Gasteiger partial charge < -0.3 is 14.2 Å². The van der Waals surface area contributed by atoms with Crippen molar-refractivity contribution >= 4 is 0 Å². The fourth-order valence-corrected chi connectivity index (χ4v) is 3.15. The van der Waals surface area contributed by atoms with Gasteiger partial charge in [0.2, 0.25) is 0 Å². The summed E-state index contributed by atoms with van der Waals surface area (Å²) in [5, 5.41) is 0. The van der Waals surface area contributed by atoms with Crippen molar-refractivity contribution in [2.24, 2.45) is 5.92 Å². The maximum absolute atomic E-state index is 14.1. The minimum Gasteiger partial charge on any atom is -0.485 e. The van der Waals surface area contributed by atoms with E-state index >= 15 is 0 Å². The monoisotopic (exact) mass is 380 g/mol. The van der Waals surface area contributed by atoms with Gasteiger partial charge in [-0.15, -0.1) is 0 Å². The Labute approximate surface area is 157 Å². The average Bonchev–Trinajstić information content (AvgIpc) is 2.68. The summed E-state index contributed by atoms with van der Waals surface area (Å²) in [5.41, 5.74) is 1.88. The molecule has 1 aliphatic rings. The molecule has 146 valence electrons. The first-order valence-corrected chi connectivity index (χ1v) is 9.13. The van der Waals surface area contributed by atoms with Crippen molar-refractivity contribution in [3.63, 3.8) is 0 Å². The third kappa shape index (κ3) is 4.82. The number of benzene rings is 2. The van der Waals surface area contributed by atoms with Crippen LogP contribution in [0.4, 0.5) is 13.2 Å². The van der Waals surface area contributed by atoms with Crippen molar-refractivity contribution in [3.8, 4) is 16.9 Å². The van der Waals surface area contributed by atoms with Crippen LogP contribution < -0.4 is 4.74 Å². The van der Waals surface area contributed by atoms with Crippen molar-refractivity contribution in [1.29, 1.82) is 0 Å². The zero-order valence-electron chi connectivity index (χ0n) is 15.2. The molecule has 0 aromatic heterocycles. The predicted molar refractivity (Wildman–Crippen MR) is 96.3 cm³/mol. The summed E-state index contributed by atoms with van der Waals surface area (Å²) >= 11 is 0. The summed E-state index contributed by atoms with van der Waals surface area (Å²) < 4.78 is 56.6. The van der Waals surface area contributed by atoms with Gasteiger partial charge in [-0.1, -0.05) is 37.6 Å². The molecule has 0 spiro atoms. The first-order valence-electron chi connectivity index (χ1n) is 9.13. The van der Waals surface area contributed by atoms with Gasteiger partial charge in [0.15, 0.2) is 23.7 Å². The van der Waals surface area contributed by atoms with Gasteiger partial charge in [-0.3, -0.25) is 0 Å². The Kier molecular flexibility index (Phi) is 6.74. The minimum absolute atomic E-state index is 0.373. The molecule has 1 heterocycles. The van der Waals surface area contributed by atoms with Crippen LogP contribution >= 0.6 is 0 Å². The summed E-state index contributed by atoms with van der Waals surface area (Å²) in [6, 6.07) is 9.52. The first kappa shape index (κ1) is 19.7. The second kappa shape index (κ2) is 9.24. The average molecular weight is 380 g/mol. The predicted octanol–water partition coefficient (Wildman–Crippen LogP) is 5.44. The minimum atomic E-state index is -0.858. The highest BCUT2D eigenvalue weighted by molar-refractivity contribution is 5.65. The standard InChI is InChI=1S/C21H23F3O3/c1-2-3-14-12-26-21(27-13-14)16-6-4-15(5-7-16)17-10-18(23)20(19(24)11-17)25-9-8-22/h4-7,10-11,14,21H,2-3,8-9,12-13H2,1H3. The number of hydrogen-bond acceptors (Lipinski definition) is 3. The van der Waals surface area contributed by atoms with Gasteiger partial charge in [0.05, 0.1) is 13.2 Å². The fraction of sp³-hybridized carbons (Fsp3) is 0.429. The summed E-state index contributed by atoms with van der Waals surface area (Å²) in [5.74, 6) is -1.85. The Morgan fingerprint density at radius 1 is 1.00 bits per heavy atom.